The third kappa shape index (κ3) is 3.78. The number of aromatic nitrogens is 2. The second-order valence-electron chi connectivity index (χ2n) is 8.97. The standard InChI is InChI=1S/C26H23Cl2N3O2/c27-23-5-1-16(9-24(23)28)13-30-8-7-17(10-26(30)32)21-4-6-25-22(21)11-20(12-29-25)31-18-2-3-19(31)15-33-14-18/h1,4-5,7-12,18-19H,2-3,6,13-15H2. The minimum atomic E-state index is -0.0525. The maximum atomic E-state index is 12.9. The number of hydrogen-bond donors (Lipinski definition) is 0. The number of rotatable bonds is 4. The van der Waals surface area contributed by atoms with E-state index in [2.05, 4.69) is 17.0 Å². The van der Waals surface area contributed by atoms with E-state index in [9.17, 15) is 4.79 Å². The Morgan fingerprint density at radius 2 is 1.85 bits per heavy atom. The van der Waals surface area contributed by atoms with Gasteiger partial charge in [-0.1, -0.05) is 35.3 Å². The summed E-state index contributed by atoms with van der Waals surface area (Å²) in [6.45, 7) is 2.01. The number of nitrogens with zero attached hydrogens (tertiary/aromatic N) is 3. The highest BCUT2D eigenvalue weighted by Crippen LogP contribution is 2.38. The quantitative estimate of drug-likeness (QED) is 0.530. The van der Waals surface area contributed by atoms with Crippen LogP contribution >= 0.6 is 23.2 Å². The molecule has 2 atom stereocenters. The van der Waals surface area contributed by atoms with E-state index in [4.69, 9.17) is 32.9 Å². The zero-order valence-corrected chi connectivity index (χ0v) is 19.5. The van der Waals surface area contributed by atoms with Crippen molar-refractivity contribution in [1.82, 2.24) is 9.55 Å². The van der Waals surface area contributed by atoms with Gasteiger partial charge >= 0.3 is 0 Å². The Labute approximate surface area is 202 Å². The zero-order valence-electron chi connectivity index (χ0n) is 18.0. The molecule has 2 aliphatic heterocycles. The van der Waals surface area contributed by atoms with Crippen LogP contribution in [-0.4, -0.2) is 34.8 Å². The Morgan fingerprint density at radius 1 is 1.03 bits per heavy atom. The Bertz CT molecular complexity index is 1320. The fourth-order valence-corrected chi connectivity index (χ4v) is 5.61. The van der Waals surface area contributed by atoms with E-state index in [1.165, 1.54) is 12.8 Å². The van der Waals surface area contributed by atoms with Crippen LogP contribution in [0.15, 0.2) is 59.7 Å². The lowest BCUT2D eigenvalue weighted by Crippen LogP contribution is -2.46. The first kappa shape index (κ1) is 21.0. The lowest BCUT2D eigenvalue weighted by atomic mass is 10.0. The van der Waals surface area contributed by atoms with Gasteiger partial charge in [-0.3, -0.25) is 9.78 Å². The zero-order chi connectivity index (χ0) is 22.5. The van der Waals surface area contributed by atoms with Crippen molar-refractivity contribution in [3.05, 3.63) is 97.7 Å². The van der Waals surface area contributed by atoms with Gasteiger partial charge in [-0.15, -0.1) is 0 Å². The fraction of sp³-hybridized carbons (Fsp3) is 0.308. The molecule has 2 fully saturated rings. The third-order valence-corrected chi connectivity index (χ3v) is 7.67. The summed E-state index contributed by atoms with van der Waals surface area (Å²) in [6.07, 6.45) is 9.14. The van der Waals surface area contributed by atoms with Crippen molar-refractivity contribution >= 4 is 34.5 Å². The smallest absolute Gasteiger partial charge is 0.251 e. The minimum absolute atomic E-state index is 0.0525. The van der Waals surface area contributed by atoms with Crippen molar-refractivity contribution in [3.63, 3.8) is 0 Å². The van der Waals surface area contributed by atoms with E-state index >= 15 is 0 Å². The predicted molar refractivity (Wildman–Crippen MR) is 131 cm³/mol. The monoisotopic (exact) mass is 479 g/mol. The van der Waals surface area contributed by atoms with E-state index in [0.717, 1.165) is 53.3 Å². The molecule has 1 aromatic carbocycles. The molecule has 0 radical (unpaired) electrons. The van der Waals surface area contributed by atoms with Crippen LogP contribution in [0, 0.1) is 0 Å². The number of ether oxygens (including phenoxy) is 1. The summed E-state index contributed by atoms with van der Waals surface area (Å²) in [5.41, 5.74) is 6.23. The number of anilines is 1. The highest BCUT2D eigenvalue weighted by Gasteiger charge is 2.38. The molecule has 0 spiro atoms. The van der Waals surface area contributed by atoms with Crippen molar-refractivity contribution < 1.29 is 4.74 Å². The Hall–Kier alpha value is -2.60. The summed E-state index contributed by atoms with van der Waals surface area (Å²) in [7, 11) is 0. The molecule has 168 valence electrons. The van der Waals surface area contributed by atoms with Crippen molar-refractivity contribution in [2.75, 3.05) is 18.1 Å². The number of fused-ring (bicyclic) bond motifs is 3. The number of allylic oxidation sites excluding steroid dienone is 1. The van der Waals surface area contributed by atoms with Crippen LogP contribution in [0.3, 0.4) is 0 Å². The first-order chi connectivity index (χ1) is 16.1. The SMILES string of the molecule is O=c1cc(C2=CCc3ncc(N4C5CCC4COC5)cc32)ccn1Cc1ccc(Cl)c(Cl)c1. The van der Waals surface area contributed by atoms with Crippen LogP contribution in [0.4, 0.5) is 5.69 Å². The van der Waals surface area contributed by atoms with Crippen molar-refractivity contribution in [3.8, 4) is 0 Å². The van der Waals surface area contributed by atoms with Crippen LogP contribution < -0.4 is 10.5 Å². The fourth-order valence-electron chi connectivity index (χ4n) is 5.29. The van der Waals surface area contributed by atoms with E-state index in [0.29, 0.717) is 28.7 Å². The minimum Gasteiger partial charge on any atom is -0.377 e. The lowest BCUT2D eigenvalue weighted by molar-refractivity contribution is 0.0906. The summed E-state index contributed by atoms with van der Waals surface area (Å²) in [6, 6.07) is 12.3. The maximum absolute atomic E-state index is 12.9. The molecule has 2 unspecified atom stereocenters. The number of pyridine rings is 2. The topological polar surface area (TPSA) is 47.4 Å². The molecule has 2 aromatic heterocycles. The molecule has 0 N–H and O–H groups in total. The van der Waals surface area contributed by atoms with Crippen molar-refractivity contribution in [1.29, 1.82) is 0 Å². The molecule has 5 nitrogen and oxygen atoms in total. The van der Waals surface area contributed by atoms with Crippen molar-refractivity contribution in [2.45, 2.75) is 37.9 Å². The Balaban J connectivity index is 1.28. The summed E-state index contributed by atoms with van der Waals surface area (Å²) in [5.74, 6) is 0. The van der Waals surface area contributed by atoms with Gasteiger partial charge in [0, 0.05) is 24.2 Å². The summed E-state index contributed by atoms with van der Waals surface area (Å²) in [4.78, 5) is 20.2. The second-order valence-corrected chi connectivity index (χ2v) is 9.78. The molecule has 3 aromatic rings. The van der Waals surface area contributed by atoms with E-state index in [1.54, 1.807) is 22.8 Å². The van der Waals surface area contributed by atoms with Crippen LogP contribution in [0.5, 0.6) is 0 Å². The first-order valence-electron chi connectivity index (χ1n) is 11.3. The third-order valence-electron chi connectivity index (χ3n) is 6.93. The van der Waals surface area contributed by atoms with Crippen LogP contribution in [0.1, 0.15) is 35.2 Å². The van der Waals surface area contributed by atoms with Crippen LogP contribution in [-0.2, 0) is 17.7 Å². The van der Waals surface area contributed by atoms with E-state index in [1.807, 2.05) is 24.5 Å². The van der Waals surface area contributed by atoms with Gasteiger partial charge in [0.05, 0.1) is 59.5 Å². The first-order valence-corrected chi connectivity index (χ1v) is 12.0. The van der Waals surface area contributed by atoms with Gasteiger partial charge in [0.25, 0.3) is 5.56 Å². The van der Waals surface area contributed by atoms with Gasteiger partial charge in [-0.25, -0.2) is 0 Å². The summed E-state index contributed by atoms with van der Waals surface area (Å²) in [5, 5.41) is 0.997. The highest BCUT2D eigenvalue weighted by atomic mass is 35.5. The molecule has 7 heteroatoms. The predicted octanol–water partition coefficient (Wildman–Crippen LogP) is 4.95. The molecule has 4 heterocycles. The molecule has 0 amide bonds. The second kappa shape index (κ2) is 8.32. The molecule has 0 saturated carbocycles. The van der Waals surface area contributed by atoms with Gasteiger partial charge in [0.15, 0.2) is 0 Å². The average molecular weight is 480 g/mol. The van der Waals surface area contributed by atoms with E-state index in [-0.39, 0.29) is 5.56 Å². The molecule has 6 rings (SSSR count). The van der Waals surface area contributed by atoms with E-state index < -0.39 is 0 Å². The van der Waals surface area contributed by atoms with Crippen molar-refractivity contribution in [2.24, 2.45) is 0 Å². The molecule has 3 aliphatic rings. The normalized spacial score (nSPS) is 21.3. The molecule has 2 bridgehead atoms. The molecule has 2 saturated heterocycles. The molecular weight excluding hydrogens is 457 g/mol. The van der Waals surface area contributed by atoms with Crippen LogP contribution in [0.25, 0.3) is 5.57 Å². The van der Waals surface area contributed by atoms with Gasteiger partial charge in [-0.2, -0.15) is 0 Å². The van der Waals surface area contributed by atoms with Crippen LogP contribution in [0.2, 0.25) is 10.0 Å². The number of halogens is 2. The lowest BCUT2D eigenvalue weighted by Gasteiger charge is -2.36. The number of morpholine rings is 1. The molecule has 1 aliphatic carbocycles. The van der Waals surface area contributed by atoms with Gasteiger partial charge < -0.3 is 14.2 Å². The Kier molecular flexibility index (Phi) is 5.28. The molecule has 33 heavy (non-hydrogen) atoms. The number of benzene rings is 1. The maximum Gasteiger partial charge on any atom is 0.251 e. The Morgan fingerprint density at radius 3 is 2.61 bits per heavy atom. The number of hydrogen-bond acceptors (Lipinski definition) is 4. The molecular formula is C26H23Cl2N3O2. The summed E-state index contributed by atoms with van der Waals surface area (Å²) < 4.78 is 7.43. The average Bonchev–Trinajstić information content (AvgIpc) is 3.34. The van der Waals surface area contributed by atoms with Gasteiger partial charge in [-0.05, 0) is 53.8 Å². The van der Waals surface area contributed by atoms with Gasteiger partial charge in [0.2, 0.25) is 0 Å². The van der Waals surface area contributed by atoms with Gasteiger partial charge in [0.1, 0.15) is 0 Å². The summed E-state index contributed by atoms with van der Waals surface area (Å²) >= 11 is 12.1. The largest absolute Gasteiger partial charge is 0.377 e. The highest BCUT2D eigenvalue weighted by molar-refractivity contribution is 6.42.